The third-order valence-electron chi connectivity index (χ3n) is 4.54. The smallest absolute Gasteiger partial charge is 0.0416 e. The van der Waals surface area contributed by atoms with Crippen molar-refractivity contribution in [3.8, 4) is 0 Å². The van der Waals surface area contributed by atoms with E-state index in [1.54, 1.807) is 0 Å². The second kappa shape index (κ2) is 10.2. The summed E-state index contributed by atoms with van der Waals surface area (Å²) in [4.78, 5) is 9.68. The minimum Gasteiger partial charge on any atom is -0.294 e. The van der Waals surface area contributed by atoms with Crippen LogP contribution in [0.1, 0.15) is 80.1 Å². The first-order valence-electron chi connectivity index (χ1n) is 9.36. The maximum Gasteiger partial charge on any atom is 0.0416 e. The van der Waals surface area contributed by atoms with Gasteiger partial charge in [-0.1, -0.05) is 34.1 Å². The Kier molecular flexibility index (Phi) is 8.97. The molecule has 1 aliphatic rings. The largest absolute Gasteiger partial charge is 0.294 e. The van der Waals surface area contributed by atoms with Crippen LogP contribution in [0.25, 0.3) is 0 Å². The normalized spacial score (nSPS) is 24.4. The van der Waals surface area contributed by atoms with Gasteiger partial charge >= 0.3 is 0 Å². The van der Waals surface area contributed by atoms with Crippen molar-refractivity contribution in [3.63, 3.8) is 0 Å². The minimum atomic E-state index is 0.723. The Labute approximate surface area is 138 Å². The molecule has 0 aromatic rings. The van der Waals surface area contributed by atoms with Gasteiger partial charge in [-0.25, -0.2) is 0 Å². The molecular formula is C20H38N2. The summed E-state index contributed by atoms with van der Waals surface area (Å²) >= 11 is 0. The zero-order valence-electron chi connectivity index (χ0n) is 15.9. The molecule has 2 heteroatoms. The van der Waals surface area contributed by atoms with Crippen molar-refractivity contribution in [1.29, 1.82) is 0 Å². The van der Waals surface area contributed by atoms with E-state index in [4.69, 9.17) is 9.98 Å². The molecule has 0 amide bonds. The molecule has 22 heavy (non-hydrogen) atoms. The minimum absolute atomic E-state index is 0.723. The van der Waals surface area contributed by atoms with Gasteiger partial charge in [0.1, 0.15) is 0 Å². The fraction of sp³-hybridized carbons (Fsp3) is 0.900. The number of rotatable bonds is 8. The summed E-state index contributed by atoms with van der Waals surface area (Å²) in [6, 6.07) is 0. The number of hydrogen-bond donors (Lipinski definition) is 0. The zero-order valence-corrected chi connectivity index (χ0v) is 15.9. The monoisotopic (exact) mass is 306 g/mol. The molecule has 0 N–H and O–H groups in total. The van der Waals surface area contributed by atoms with Gasteiger partial charge in [-0.15, -0.1) is 0 Å². The first-order chi connectivity index (χ1) is 10.4. The van der Waals surface area contributed by atoms with Crippen LogP contribution in [0, 0.1) is 23.7 Å². The fourth-order valence-electron chi connectivity index (χ4n) is 3.61. The average Bonchev–Trinajstić information content (AvgIpc) is 2.42. The number of aliphatic imine (C=N–C) groups is 2. The van der Waals surface area contributed by atoms with Crippen molar-refractivity contribution < 1.29 is 0 Å². The van der Waals surface area contributed by atoms with Gasteiger partial charge in [-0.2, -0.15) is 0 Å². The summed E-state index contributed by atoms with van der Waals surface area (Å²) in [6.07, 6.45) is 7.72. The van der Waals surface area contributed by atoms with Crippen molar-refractivity contribution >= 4 is 11.4 Å². The highest BCUT2D eigenvalue weighted by molar-refractivity contribution is 5.82. The van der Waals surface area contributed by atoms with Crippen LogP contribution in [-0.2, 0) is 0 Å². The van der Waals surface area contributed by atoms with Crippen LogP contribution >= 0.6 is 0 Å². The van der Waals surface area contributed by atoms with Crippen LogP contribution in [0.3, 0.4) is 0 Å². The Bertz CT molecular complexity index is 332. The first-order valence-corrected chi connectivity index (χ1v) is 9.36. The molecule has 1 fully saturated rings. The van der Waals surface area contributed by atoms with Crippen LogP contribution in [0.2, 0.25) is 0 Å². The van der Waals surface area contributed by atoms with E-state index in [0.717, 1.165) is 49.6 Å². The molecule has 0 radical (unpaired) electrons. The Balaban J connectivity index is 2.38. The van der Waals surface area contributed by atoms with Gasteiger partial charge in [0.2, 0.25) is 0 Å². The molecule has 0 aromatic heterocycles. The van der Waals surface area contributed by atoms with Crippen LogP contribution < -0.4 is 0 Å². The lowest BCUT2D eigenvalue weighted by Crippen LogP contribution is -2.20. The zero-order chi connectivity index (χ0) is 16.5. The summed E-state index contributed by atoms with van der Waals surface area (Å²) in [5.74, 6) is 3.03. The van der Waals surface area contributed by atoms with E-state index in [1.807, 2.05) is 0 Å². The van der Waals surface area contributed by atoms with Crippen molar-refractivity contribution in [3.05, 3.63) is 0 Å². The first kappa shape index (κ1) is 19.4. The molecule has 0 aromatic carbocycles. The number of hydrogen-bond acceptors (Lipinski definition) is 2. The third kappa shape index (κ3) is 8.70. The molecule has 2 nitrogen and oxygen atoms in total. The predicted octanol–water partition coefficient (Wildman–Crippen LogP) is 5.81. The van der Waals surface area contributed by atoms with Gasteiger partial charge in [-0.3, -0.25) is 9.98 Å². The third-order valence-corrected chi connectivity index (χ3v) is 4.54. The Morgan fingerprint density at radius 2 is 1.23 bits per heavy atom. The van der Waals surface area contributed by atoms with Crippen molar-refractivity contribution in [1.82, 2.24) is 0 Å². The van der Waals surface area contributed by atoms with E-state index in [0.29, 0.717) is 0 Å². The van der Waals surface area contributed by atoms with Crippen molar-refractivity contribution in [2.75, 3.05) is 13.1 Å². The highest BCUT2D eigenvalue weighted by Crippen LogP contribution is 2.29. The summed E-state index contributed by atoms with van der Waals surface area (Å²) < 4.78 is 0. The Morgan fingerprint density at radius 3 is 1.59 bits per heavy atom. The molecule has 1 rings (SSSR count). The van der Waals surface area contributed by atoms with Gasteiger partial charge in [0.05, 0.1) is 0 Å². The molecule has 128 valence electrons. The standard InChI is InChI=1S/C20H38N2/c1-15(2)10-17(5)21-13-19-8-7-9-20(12-19)14-22-18(6)11-16(3)4/h15-16,19-20H,7-14H2,1-6H3. The maximum atomic E-state index is 4.84. The van der Waals surface area contributed by atoms with Crippen LogP contribution in [0.5, 0.6) is 0 Å². The van der Waals surface area contributed by atoms with E-state index in [1.165, 1.54) is 37.1 Å². The fourth-order valence-corrected chi connectivity index (χ4v) is 3.61. The van der Waals surface area contributed by atoms with E-state index < -0.39 is 0 Å². The molecule has 0 heterocycles. The molecule has 1 saturated carbocycles. The van der Waals surface area contributed by atoms with E-state index in [-0.39, 0.29) is 0 Å². The lowest BCUT2D eigenvalue weighted by atomic mass is 9.81. The van der Waals surface area contributed by atoms with Crippen LogP contribution in [0.4, 0.5) is 0 Å². The summed E-state index contributed by atoms with van der Waals surface area (Å²) in [7, 11) is 0. The summed E-state index contributed by atoms with van der Waals surface area (Å²) in [5.41, 5.74) is 2.67. The molecule has 2 unspecified atom stereocenters. The van der Waals surface area contributed by atoms with Crippen molar-refractivity contribution in [2.45, 2.75) is 80.1 Å². The summed E-state index contributed by atoms with van der Waals surface area (Å²) in [5, 5.41) is 0. The van der Waals surface area contributed by atoms with Gasteiger partial charge in [0.15, 0.2) is 0 Å². The highest BCUT2D eigenvalue weighted by Gasteiger charge is 2.21. The molecular weight excluding hydrogens is 268 g/mol. The van der Waals surface area contributed by atoms with E-state index in [2.05, 4.69) is 41.5 Å². The molecule has 0 aliphatic heterocycles. The van der Waals surface area contributed by atoms with E-state index >= 15 is 0 Å². The topological polar surface area (TPSA) is 24.7 Å². The molecule has 0 saturated heterocycles. The van der Waals surface area contributed by atoms with Gasteiger partial charge in [0.25, 0.3) is 0 Å². The SMILES string of the molecule is CC(CC(C)C)=NCC1CCCC(CN=C(C)CC(C)C)C1. The Hall–Kier alpha value is -0.660. The molecule has 0 bridgehead atoms. The quantitative estimate of drug-likeness (QED) is 0.506. The second-order valence-electron chi connectivity index (χ2n) is 8.25. The number of nitrogens with zero attached hydrogens (tertiary/aromatic N) is 2. The summed E-state index contributed by atoms with van der Waals surface area (Å²) in [6.45, 7) is 15.6. The average molecular weight is 307 g/mol. The lowest BCUT2D eigenvalue weighted by molar-refractivity contribution is 0.278. The molecule has 1 aliphatic carbocycles. The lowest BCUT2D eigenvalue weighted by Gasteiger charge is -2.27. The van der Waals surface area contributed by atoms with Gasteiger partial charge in [-0.05, 0) is 69.6 Å². The predicted molar refractivity (Wildman–Crippen MR) is 100 cm³/mol. The van der Waals surface area contributed by atoms with Gasteiger partial charge < -0.3 is 0 Å². The second-order valence-corrected chi connectivity index (χ2v) is 8.25. The maximum absolute atomic E-state index is 4.84. The van der Waals surface area contributed by atoms with Gasteiger partial charge in [0, 0.05) is 24.5 Å². The molecule has 2 atom stereocenters. The molecule has 0 spiro atoms. The van der Waals surface area contributed by atoms with Crippen molar-refractivity contribution in [2.24, 2.45) is 33.7 Å². The Morgan fingerprint density at radius 1 is 0.818 bits per heavy atom. The highest BCUT2D eigenvalue weighted by atomic mass is 14.8. The van der Waals surface area contributed by atoms with Crippen LogP contribution in [0.15, 0.2) is 9.98 Å². The van der Waals surface area contributed by atoms with E-state index in [9.17, 15) is 0 Å². The van der Waals surface area contributed by atoms with Crippen LogP contribution in [-0.4, -0.2) is 24.5 Å².